The zero-order valence-corrected chi connectivity index (χ0v) is 11.3. The van der Waals surface area contributed by atoms with Crippen LogP contribution in [0.2, 0.25) is 0 Å². The average Bonchev–Trinajstić information content (AvgIpc) is 2.45. The fraction of sp³-hybridized carbons (Fsp3) is 0.0769. The number of nitrogens with one attached hydrogen (secondary N) is 1. The Balaban J connectivity index is 2.35. The first-order valence-electron chi connectivity index (χ1n) is 5.95. The van der Waals surface area contributed by atoms with Gasteiger partial charge in [0.2, 0.25) is 0 Å². The van der Waals surface area contributed by atoms with Crippen LogP contribution in [0.4, 0.5) is 5.69 Å². The van der Waals surface area contributed by atoms with Crippen molar-refractivity contribution < 1.29 is 19.9 Å². The predicted molar refractivity (Wildman–Crippen MR) is 76.8 cm³/mol. The van der Waals surface area contributed by atoms with E-state index in [0.717, 1.165) is 0 Å². The molecule has 0 aliphatic rings. The van der Waals surface area contributed by atoms with Crippen LogP contribution in [0.3, 0.4) is 0 Å². The van der Waals surface area contributed by atoms with Crippen LogP contribution >= 0.6 is 0 Å². The molecule has 1 aromatic carbocycles. The number of aromatic nitrogens is 2. The molecule has 0 aliphatic heterocycles. The Bertz CT molecular complexity index is 812. The monoisotopic (exact) mass is 305 g/mol. The topological polar surface area (TPSA) is 139 Å². The third kappa shape index (κ3) is 3.03. The molecule has 1 aromatic heterocycles. The van der Waals surface area contributed by atoms with Crippen molar-refractivity contribution in [3.63, 3.8) is 0 Å². The van der Waals surface area contributed by atoms with Crippen LogP contribution < -0.4 is 10.3 Å². The molecule has 3 N–H and O–H groups in total. The zero-order chi connectivity index (χ0) is 16.3. The number of aromatic hydroxyl groups is 2. The number of hydrogen-bond acceptors (Lipinski definition) is 7. The fourth-order valence-corrected chi connectivity index (χ4v) is 1.69. The first-order valence-corrected chi connectivity index (χ1v) is 5.95. The van der Waals surface area contributed by atoms with E-state index >= 15 is 0 Å². The van der Waals surface area contributed by atoms with E-state index in [1.165, 1.54) is 31.4 Å². The van der Waals surface area contributed by atoms with Crippen LogP contribution in [0.5, 0.6) is 17.4 Å². The number of ether oxygens (including phenoxy) is 1. The van der Waals surface area contributed by atoms with Crippen molar-refractivity contribution >= 4 is 17.8 Å². The maximum atomic E-state index is 11.5. The number of nitro groups is 1. The molecular weight excluding hydrogens is 294 g/mol. The van der Waals surface area contributed by atoms with Crippen molar-refractivity contribution in [2.24, 2.45) is 0 Å². The minimum Gasteiger partial charge on any atom is -0.504 e. The van der Waals surface area contributed by atoms with Gasteiger partial charge in [-0.25, -0.2) is 0 Å². The molecule has 0 atom stereocenters. The molecule has 22 heavy (non-hydrogen) atoms. The van der Waals surface area contributed by atoms with E-state index in [2.05, 4.69) is 9.97 Å². The van der Waals surface area contributed by atoms with Gasteiger partial charge in [-0.2, -0.15) is 4.98 Å². The van der Waals surface area contributed by atoms with Crippen molar-refractivity contribution in [1.29, 1.82) is 0 Å². The van der Waals surface area contributed by atoms with Crippen molar-refractivity contribution in [3.8, 4) is 17.4 Å². The summed E-state index contributed by atoms with van der Waals surface area (Å²) in [6, 6.07) is 4.54. The van der Waals surface area contributed by atoms with Crippen molar-refractivity contribution in [2.75, 3.05) is 7.11 Å². The molecule has 2 rings (SSSR count). The maximum Gasteiger partial charge on any atom is 0.395 e. The van der Waals surface area contributed by atoms with E-state index in [1.807, 2.05) is 0 Å². The van der Waals surface area contributed by atoms with E-state index in [4.69, 9.17) is 4.74 Å². The van der Waals surface area contributed by atoms with Gasteiger partial charge in [0.05, 0.1) is 12.0 Å². The molecule has 0 radical (unpaired) electrons. The molecule has 1 heterocycles. The van der Waals surface area contributed by atoms with Crippen LogP contribution in [0.25, 0.3) is 12.2 Å². The number of benzene rings is 1. The largest absolute Gasteiger partial charge is 0.504 e. The van der Waals surface area contributed by atoms with Gasteiger partial charge < -0.3 is 19.9 Å². The van der Waals surface area contributed by atoms with Gasteiger partial charge >= 0.3 is 11.2 Å². The van der Waals surface area contributed by atoms with Gasteiger partial charge in [0.1, 0.15) is 5.82 Å². The van der Waals surface area contributed by atoms with Gasteiger partial charge in [0, 0.05) is 0 Å². The molecule has 0 aliphatic carbocycles. The number of phenolic OH excluding ortho intramolecular Hbond substituents is 1. The highest BCUT2D eigenvalue weighted by atomic mass is 16.6. The Morgan fingerprint density at radius 3 is 2.68 bits per heavy atom. The highest BCUT2D eigenvalue weighted by molar-refractivity contribution is 5.68. The van der Waals surface area contributed by atoms with Gasteiger partial charge in [0.15, 0.2) is 11.5 Å². The van der Waals surface area contributed by atoms with Crippen LogP contribution in [-0.4, -0.2) is 32.2 Å². The van der Waals surface area contributed by atoms with Crippen LogP contribution in [0.1, 0.15) is 11.4 Å². The molecule has 0 bridgehead atoms. The molecule has 9 nitrogen and oxygen atoms in total. The molecule has 0 saturated heterocycles. The number of H-pyrrole nitrogens is 1. The first-order chi connectivity index (χ1) is 10.4. The first kappa shape index (κ1) is 15.0. The Morgan fingerprint density at radius 1 is 1.36 bits per heavy atom. The van der Waals surface area contributed by atoms with E-state index in [9.17, 15) is 25.1 Å². The minimum atomic E-state index is -1.06. The Morgan fingerprint density at radius 2 is 2.09 bits per heavy atom. The summed E-state index contributed by atoms with van der Waals surface area (Å²) in [5.41, 5.74) is -1.45. The number of rotatable bonds is 4. The van der Waals surface area contributed by atoms with Gasteiger partial charge in [0.25, 0.3) is 5.88 Å². The summed E-state index contributed by atoms with van der Waals surface area (Å²) in [5.74, 6) is -0.786. The molecule has 0 spiro atoms. The summed E-state index contributed by atoms with van der Waals surface area (Å²) in [6.07, 6.45) is 2.86. The summed E-state index contributed by atoms with van der Waals surface area (Å²) >= 11 is 0. The van der Waals surface area contributed by atoms with E-state index in [0.29, 0.717) is 5.56 Å². The standard InChI is InChI=1S/C13H11N3O6/c1-22-9-6-7(2-4-8(9)17)3-5-10-14-12(18)11(16(20)21)13(19)15-10/h2-6,17H,1H3,(H2,14,15,18,19)/b5-3+. The summed E-state index contributed by atoms with van der Waals surface area (Å²) in [5, 5.41) is 29.4. The number of hydrogen-bond donors (Lipinski definition) is 3. The number of methoxy groups -OCH3 is 1. The molecular formula is C13H11N3O6. The quantitative estimate of drug-likeness (QED) is 0.571. The van der Waals surface area contributed by atoms with Crippen molar-refractivity contribution in [1.82, 2.24) is 9.97 Å². The smallest absolute Gasteiger partial charge is 0.395 e. The predicted octanol–water partition coefficient (Wildman–Crippen LogP) is 1.27. The van der Waals surface area contributed by atoms with Gasteiger partial charge in [-0.1, -0.05) is 12.1 Å². The fourth-order valence-electron chi connectivity index (χ4n) is 1.69. The maximum absolute atomic E-state index is 11.5. The number of aromatic amines is 1. The van der Waals surface area contributed by atoms with Crippen LogP contribution in [0, 0.1) is 10.1 Å². The second-order valence-corrected chi connectivity index (χ2v) is 4.15. The van der Waals surface area contributed by atoms with Crippen molar-refractivity contribution in [3.05, 3.63) is 50.1 Å². The lowest BCUT2D eigenvalue weighted by Gasteiger charge is -2.03. The van der Waals surface area contributed by atoms with E-state index in [-0.39, 0.29) is 17.3 Å². The highest BCUT2D eigenvalue weighted by Crippen LogP contribution is 2.27. The Labute approximate surface area is 123 Å². The second-order valence-electron chi connectivity index (χ2n) is 4.15. The lowest BCUT2D eigenvalue weighted by Crippen LogP contribution is -2.14. The SMILES string of the molecule is COc1cc(/C=C/c2nc(O)c([N+](=O)[O-])c(=O)[nH]2)ccc1O. The Hall–Kier alpha value is -3.36. The molecule has 0 saturated carbocycles. The molecule has 0 fully saturated rings. The Kier molecular flexibility index (Phi) is 4.07. The number of nitrogens with zero attached hydrogens (tertiary/aromatic N) is 2. The molecule has 0 amide bonds. The third-order valence-corrected chi connectivity index (χ3v) is 2.71. The zero-order valence-electron chi connectivity index (χ0n) is 11.3. The minimum absolute atomic E-state index is 0.0286. The second kappa shape index (κ2) is 5.95. The van der Waals surface area contributed by atoms with Crippen LogP contribution in [-0.2, 0) is 0 Å². The summed E-state index contributed by atoms with van der Waals surface area (Å²) in [7, 11) is 1.40. The normalized spacial score (nSPS) is 10.8. The molecule has 2 aromatic rings. The van der Waals surface area contributed by atoms with Crippen molar-refractivity contribution in [2.45, 2.75) is 0 Å². The van der Waals surface area contributed by atoms with Crippen LogP contribution in [0.15, 0.2) is 23.0 Å². The molecule has 0 unspecified atom stereocenters. The van der Waals surface area contributed by atoms with E-state index < -0.39 is 22.0 Å². The third-order valence-electron chi connectivity index (χ3n) is 2.71. The average molecular weight is 305 g/mol. The highest BCUT2D eigenvalue weighted by Gasteiger charge is 2.21. The lowest BCUT2D eigenvalue weighted by atomic mass is 10.2. The van der Waals surface area contributed by atoms with Gasteiger partial charge in [-0.3, -0.25) is 14.9 Å². The summed E-state index contributed by atoms with van der Waals surface area (Å²) < 4.78 is 4.95. The molecule has 114 valence electrons. The summed E-state index contributed by atoms with van der Waals surface area (Å²) in [4.78, 5) is 26.7. The molecule has 9 heteroatoms. The number of phenols is 1. The van der Waals surface area contributed by atoms with Gasteiger partial charge in [-0.15, -0.1) is 0 Å². The summed E-state index contributed by atoms with van der Waals surface area (Å²) in [6.45, 7) is 0. The van der Waals surface area contributed by atoms with E-state index in [1.54, 1.807) is 6.07 Å². The van der Waals surface area contributed by atoms with Gasteiger partial charge in [-0.05, 0) is 23.8 Å². The lowest BCUT2D eigenvalue weighted by molar-refractivity contribution is -0.387.